The zero-order valence-corrected chi connectivity index (χ0v) is 10.5. The van der Waals surface area contributed by atoms with Crippen LogP contribution in [0.2, 0.25) is 0 Å². The second-order valence-corrected chi connectivity index (χ2v) is 4.85. The highest BCUT2D eigenvalue weighted by atomic mass is 79.9. The summed E-state index contributed by atoms with van der Waals surface area (Å²) in [5, 5.41) is 1.12. The lowest BCUT2D eigenvalue weighted by Gasteiger charge is -2.14. The SMILES string of the molecule is CC(C)(C)CCBr.CCC(C)=O. The largest absolute Gasteiger partial charge is 0.300 e. The fourth-order valence-corrected chi connectivity index (χ4v) is 1.47. The van der Waals surface area contributed by atoms with Gasteiger partial charge in [0.25, 0.3) is 0 Å². The van der Waals surface area contributed by atoms with Gasteiger partial charge in [0, 0.05) is 11.8 Å². The van der Waals surface area contributed by atoms with Gasteiger partial charge in [0.1, 0.15) is 5.78 Å². The number of hydrogen-bond acceptors (Lipinski definition) is 1. The molecule has 0 unspecified atom stereocenters. The summed E-state index contributed by atoms with van der Waals surface area (Å²) in [7, 11) is 0. The second-order valence-electron chi connectivity index (χ2n) is 4.06. The lowest BCUT2D eigenvalue weighted by atomic mass is 9.94. The summed E-state index contributed by atoms with van der Waals surface area (Å²) in [6.07, 6.45) is 1.92. The van der Waals surface area contributed by atoms with Gasteiger partial charge in [0.2, 0.25) is 0 Å². The van der Waals surface area contributed by atoms with Gasteiger partial charge in [0.05, 0.1) is 0 Å². The van der Waals surface area contributed by atoms with E-state index in [0.29, 0.717) is 11.8 Å². The van der Waals surface area contributed by atoms with E-state index in [4.69, 9.17) is 0 Å². The van der Waals surface area contributed by atoms with Gasteiger partial charge >= 0.3 is 0 Å². The van der Waals surface area contributed by atoms with Crippen LogP contribution >= 0.6 is 15.9 Å². The Morgan fingerprint density at radius 1 is 1.33 bits per heavy atom. The molecule has 0 saturated heterocycles. The lowest BCUT2D eigenvalue weighted by Crippen LogP contribution is -2.04. The molecule has 1 nitrogen and oxygen atoms in total. The standard InChI is InChI=1S/C6H13Br.C4H8O/c1-6(2,3)4-5-7;1-3-4(2)5/h4-5H2,1-3H3;3H2,1-2H3. The zero-order valence-electron chi connectivity index (χ0n) is 8.91. The fraction of sp³-hybridized carbons (Fsp3) is 0.900. The molecule has 0 atom stereocenters. The molecular formula is C10H21BrO. The molecule has 0 bridgehead atoms. The number of carbonyl (C=O) groups is 1. The normalized spacial score (nSPS) is 10.2. The van der Waals surface area contributed by atoms with Crippen LogP contribution in [0.3, 0.4) is 0 Å². The summed E-state index contributed by atoms with van der Waals surface area (Å²) in [6, 6.07) is 0. The molecule has 0 amide bonds. The first-order chi connectivity index (χ1) is 5.33. The molecule has 0 fully saturated rings. The predicted molar refractivity (Wildman–Crippen MR) is 58.8 cm³/mol. The van der Waals surface area contributed by atoms with Crippen molar-refractivity contribution >= 4 is 21.7 Å². The number of carbonyl (C=O) groups excluding carboxylic acids is 1. The molecule has 0 aromatic carbocycles. The Morgan fingerprint density at radius 3 is 1.67 bits per heavy atom. The number of Topliss-reactive ketones (excluding diaryl/α,β-unsaturated/α-hetero) is 1. The lowest BCUT2D eigenvalue weighted by molar-refractivity contribution is -0.116. The van der Waals surface area contributed by atoms with Crippen LogP contribution in [0.5, 0.6) is 0 Å². The Morgan fingerprint density at radius 2 is 1.67 bits per heavy atom. The van der Waals surface area contributed by atoms with E-state index in [9.17, 15) is 4.79 Å². The van der Waals surface area contributed by atoms with Gasteiger partial charge < -0.3 is 4.79 Å². The van der Waals surface area contributed by atoms with E-state index < -0.39 is 0 Å². The molecule has 0 N–H and O–H groups in total. The first-order valence-corrected chi connectivity index (χ1v) is 5.51. The highest BCUT2D eigenvalue weighted by Gasteiger charge is 2.06. The van der Waals surface area contributed by atoms with Crippen LogP contribution in [0.4, 0.5) is 0 Å². The highest BCUT2D eigenvalue weighted by Crippen LogP contribution is 2.18. The van der Waals surface area contributed by atoms with E-state index in [-0.39, 0.29) is 5.78 Å². The van der Waals surface area contributed by atoms with Crippen molar-refractivity contribution in [3.63, 3.8) is 0 Å². The third kappa shape index (κ3) is 22.5. The van der Waals surface area contributed by atoms with Crippen molar-refractivity contribution in [1.82, 2.24) is 0 Å². The fourth-order valence-electron chi connectivity index (χ4n) is 0.283. The minimum atomic E-state index is 0.255. The highest BCUT2D eigenvalue weighted by molar-refractivity contribution is 9.09. The summed E-state index contributed by atoms with van der Waals surface area (Å²) in [5.41, 5.74) is 0.503. The Labute approximate surface area is 85.1 Å². The van der Waals surface area contributed by atoms with Crippen LogP contribution in [-0.2, 0) is 4.79 Å². The van der Waals surface area contributed by atoms with Gasteiger partial charge in [0.15, 0.2) is 0 Å². The number of hydrogen-bond donors (Lipinski definition) is 0. The van der Waals surface area contributed by atoms with Crippen LogP contribution in [0, 0.1) is 5.41 Å². The zero-order chi connectivity index (χ0) is 10.2. The summed E-state index contributed by atoms with van der Waals surface area (Å²) < 4.78 is 0. The molecule has 0 aromatic heterocycles. The van der Waals surface area contributed by atoms with E-state index in [1.165, 1.54) is 6.42 Å². The molecule has 74 valence electrons. The average Bonchev–Trinajstić information content (AvgIpc) is 1.86. The monoisotopic (exact) mass is 236 g/mol. The minimum Gasteiger partial charge on any atom is -0.300 e. The van der Waals surface area contributed by atoms with Crippen molar-refractivity contribution in [3.05, 3.63) is 0 Å². The van der Waals surface area contributed by atoms with E-state index in [1.807, 2.05) is 6.92 Å². The Kier molecular flexibility index (Phi) is 9.51. The van der Waals surface area contributed by atoms with Crippen molar-refractivity contribution in [3.8, 4) is 0 Å². The number of ketones is 1. The maximum absolute atomic E-state index is 9.81. The minimum absolute atomic E-state index is 0.255. The summed E-state index contributed by atoms with van der Waals surface area (Å²) >= 11 is 3.39. The van der Waals surface area contributed by atoms with E-state index in [0.717, 1.165) is 5.33 Å². The van der Waals surface area contributed by atoms with Crippen molar-refractivity contribution in [2.45, 2.75) is 47.5 Å². The molecular weight excluding hydrogens is 216 g/mol. The molecule has 2 heteroatoms. The Bertz CT molecular complexity index is 113. The first-order valence-electron chi connectivity index (χ1n) is 4.39. The second kappa shape index (κ2) is 7.78. The van der Waals surface area contributed by atoms with Crippen LogP contribution in [0.15, 0.2) is 0 Å². The van der Waals surface area contributed by atoms with Crippen molar-refractivity contribution < 1.29 is 4.79 Å². The van der Waals surface area contributed by atoms with Gasteiger partial charge in [-0.15, -0.1) is 0 Å². The molecule has 0 saturated carbocycles. The molecule has 0 aliphatic carbocycles. The molecule has 0 rings (SSSR count). The van der Waals surface area contributed by atoms with E-state index >= 15 is 0 Å². The third-order valence-electron chi connectivity index (χ3n) is 1.34. The molecule has 12 heavy (non-hydrogen) atoms. The van der Waals surface area contributed by atoms with Crippen LogP contribution in [0.25, 0.3) is 0 Å². The molecule has 0 spiro atoms. The Balaban J connectivity index is 0. The third-order valence-corrected chi connectivity index (χ3v) is 1.74. The van der Waals surface area contributed by atoms with Gasteiger partial charge in [-0.2, -0.15) is 0 Å². The molecule has 0 radical (unpaired) electrons. The predicted octanol–water partition coefficient (Wildman–Crippen LogP) is 3.80. The smallest absolute Gasteiger partial charge is 0.129 e. The van der Waals surface area contributed by atoms with Crippen LogP contribution in [-0.4, -0.2) is 11.1 Å². The van der Waals surface area contributed by atoms with Gasteiger partial charge in [-0.3, -0.25) is 0 Å². The molecule has 0 aliphatic rings. The summed E-state index contributed by atoms with van der Waals surface area (Å²) in [6.45, 7) is 10.2. The molecule has 0 aliphatic heterocycles. The Hall–Kier alpha value is 0.150. The first kappa shape index (κ1) is 14.7. The van der Waals surface area contributed by atoms with Crippen LogP contribution < -0.4 is 0 Å². The maximum atomic E-state index is 9.81. The number of rotatable bonds is 2. The van der Waals surface area contributed by atoms with Crippen molar-refractivity contribution in [2.24, 2.45) is 5.41 Å². The van der Waals surface area contributed by atoms with E-state index in [2.05, 4.69) is 36.7 Å². The van der Waals surface area contributed by atoms with Gasteiger partial charge in [-0.05, 0) is 18.8 Å². The quantitative estimate of drug-likeness (QED) is 0.667. The molecule has 0 heterocycles. The maximum Gasteiger partial charge on any atom is 0.129 e. The number of halogens is 1. The van der Waals surface area contributed by atoms with Gasteiger partial charge in [-0.25, -0.2) is 0 Å². The van der Waals surface area contributed by atoms with Crippen LogP contribution in [0.1, 0.15) is 47.5 Å². The topological polar surface area (TPSA) is 17.1 Å². The average molecular weight is 237 g/mol. The van der Waals surface area contributed by atoms with Gasteiger partial charge in [-0.1, -0.05) is 43.6 Å². The summed E-state index contributed by atoms with van der Waals surface area (Å²) in [5.74, 6) is 0.255. The van der Waals surface area contributed by atoms with Crippen molar-refractivity contribution in [1.29, 1.82) is 0 Å². The van der Waals surface area contributed by atoms with E-state index in [1.54, 1.807) is 6.92 Å². The molecule has 0 aromatic rings. The summed E-state index contributed by atoms with van der Waals surface area (Å²) in [4.78, 5) is 9.81. The number of alkyl halides is 1. The van der Waals surface area contributed by atoms with Crippen molar-refractivity contribution in [2.75, 3.05) is 5.33 Å².